The van der Waals surface area contributed by atoms with Crippen LogP contribution in [0.25, 0.3) is 0 Å². The number of piperidine rings is 1. The van der Waals surface area contributed by atoms with E-state index >= 15 is 0 Å². The van der Waals surface area contributed by atoms with Crippen molar-refractivity contribution in [3.05, 3.63) is 53.1 Å². The standard InChI is InChI=1S/C23H32N4O3/c1-17-13-18(2)15-20(14-17)23(29)26-8-5-21(6-9-26)27(22(28)16-30-4)12-11-25-10-7-24-19(25)3/h7,10,13-15,21H,5-6,8-9,11-12,16H2,1-4H3. The number of carbonyl (C=O) groups excluding carboxylic acids is 2. The van der Waals surface area contributed by atoms with Gasteiger partial charge in [-0.05, 0) is 45.7 Å². The highest BCUT2D eigenvalue weighted by atomic mass is 16.5. The molecular weight excluding hydrogens is 380 g/mol. The molecule has 30 heavy (non-hydrogen) atoms. The number of ether oxygens (including phenoxy) is 1. The van der Waals surface area contributed by atoms with Crippen LogP contribution in [0.1, 0.15) is 40.2 Å². The normalized spacial score (nSPS) is 14.7. The van der Waals surface area contributed by atoms with Gasteiger partial charge in [-0.15, -0.1) is 0 Å². The Bertz CT molecular complexity index is 864. The van der Waals surface area contributed by atoms with Gasteiger partial charge in [0.2, 0.25) is 5.91 Å². The van der Waals surface area contributed by atoms with Gasteiger partial charge in [-0.2, -0.15) is 0 Å². The third-order valence-corrected chi connectivity index (χ3v) is 5.75. The van der Waals surface area contributed by atoms with E-state index in [2.05, 4.69) is 11.1 Å². The lowest BCUT2D eigenvalue weighted by Crippen LogP contribution is -2.50. The molecule has 0 aliphatic carbocycles. The summed E-state index contributed by atoms with van der Waals surface area (Å²) in [6, 6.07) is 6.08. The van der Waals surface area contributed by atoms with Gasteiger partial charge in [0.1, 0.15) is 12.4 Å². The summed E-state index contributed by atoms with van der Waals surface area (Å²) < 4.78 is 7.15. The Morgan fingerprint density at radius 1 is 1.13 bits per heavy atom. The Morgan fingerprint density at radius 3 is 2.37 bits per heavy atom. The van der Waals surface area contributed by atoms with Gasteiger partial charge < -0.3 is 19.1 Å². The Kier molecular flexibility index (Phi) is 7.26. The monoisotopic (exact) mass is 412 g/mol. The summed E-state index contributed by atoms with van der Waals surface area (Å²) in [4.78, 5) is 33.7. The molecule has 0 atom stereocenters. The quantitative estimate of drug-likeness (QED) is 0.701. The highest BCUT2D eigenvalue weighted by Crippen LogP contribution is 2.20. The van der Waals surface area contributed by atoms with Gasteiger partial charge in [0.05, 0.1) is 0 Å². The van der Waals surface area contributed by atoms with Crippen LogP contribution >= 0.6 is 0 Å². The minimum Gasteiger partial charge on any atom is -0.375 e. The molecule has 0 bridgehead atoms. The zero-order valence-corrected chi connectivity index (χ0v) is 18.4. The van der Waals surface area contributed by atoms with E-state index < -0.39 is 0 Å². The summed E-state index contributed by atoms with van der Waals surface area (Å²) in [6.45, 7) is 8.66. The highest BCUT2D eigenvalue weighted by molar-refractivity contribution is 5.94. The number of imidazole rings is 1. The van der Waals surface area contributed by atoms with Crippen molar-refractivity contribution in [2.75, 3.05) is 33.4 Å². The molecule has 3 rings (SSSR count). The number of amides is 2. The maximum absolute atomic E-state index is 13.0. The molecule has 1 aromatic heterocycles. The van der Waals surface area contributed by atoms with E-state index in [0.717, 1.165) is 35.4 Å². The molecule has 1 aliphatic heterocycles. The summed E-state index contributed by atoms with van der Waals surface area (Å²) in [5.41, 5.74) is 2.94. The van der Waals surface area contributed by atoms with Crippen molar-refractivity contribution in [1.82, 2.24) is 19.4 Å². The molecule has 1 aliphatic rings. The fraction of sp³-hybridized carbons (Fsp3) is 0.522. The van der Waals surface area contributed by atoms with E-state index in [1.165, 1.54) is 0 Å². The van der Waals surface area contributed by atoms with E-state index in [-0.39, 0.29) is 24.5 Å². The zero-order chi connectivity index (χ0) is 21.7. The Morgan fingerprint density at radius 2 is 1.80 bits per heavy atom. The number of aromatic nitrogens is 2. The number of hydrogen-bond acceptors (Lipinski definition) is 4. The molecule has 0 spiro atoms. The number of aryl methyl sites for hydroxylation is 3. The van der Waals surface area contributed by atoms with E-state index in [1.807, 2.05) is 53.5 Å². The number of carbonyl (C=O) groups is 2. The number of nitrogens with zero attached hydrogens (tertiary/aromatic N) is 4. The van der Waals surface area contributed by atoms with Crippen LogP contribution in [-0.4, -0.2) is 70.6 Å². The summed E-state index contributed by atoms with van der Waals surface area (Å²) in [7, 11) is 1.54. The van der Waals surface area contributed by atoms with Crippen LogP contribution in [-0.2, 0) is 16.1 Å². The van der Waals surface area contributed by atoms with Gasteiger partial charge >= 0.3 is 0 Å². The van der Waals surface area contributed by atoms with Gasteiger partial charge in [-0.1, -0.05) is 17.2 Å². The molecule has 2 amide bonds. The third-order valence-electron chi connectivity index (χ3n) is 5.75. The fourth-order valence-electron chi connectivity index (χ4n) is 4.23. The lowest BCUT2D eigenvalue weighted by Gasteiger charge is -2.38. The molecule has 0 unspecified atom stereocenters. The van der Waals surface area contributed by atoms with Crippen molar-refractivity contribution in [2.45, 2.75) is 46.2 Å². The van der Waals surface area contributed by atoms with Crippen molar-refractivity contribution in [1.29, 1.82) is 0 Å². The summed E-state index contributed by atoms with van der Waals surface area (Å²) >= 11 is 0. The van der Waals surface area contributed by atoms with Gasteiger partial charge in [0, 0.05) is 57.3 Å². The van der Waals surface area contributed by atoms with Gasteiger partial charge in [-0.3, -0.25) is 9.59 Å². The molecule has 1 fully saturated rings. The molecule has 0 radical (unpaired) electrons. The summed E-state index contributed by atoms with van der Waals surface area (Å²) in [5.74, 6) is 1.00. The predicted molar refractivity (Wildman–Crippen MR) is 115 cm³/mol. The van der Waals surface area contributed by atoms with Crippen LogP contribution in [0.2, 0.25) is 0 Å². The number of likely N-dealkylation sites (tertiary alicyclic amines) is 1. The predicted octanol–water partition coefficient (Wildman–Crippen LogP) is 2.59. The van der Waals surface area contributed by atoms with E-state index in [0.29, 0.717) is 26.2 Å². The fourth-order valence-corrected chi connectivity index (χ4v) is 4.23. The maximum atomic E-state index is 13.0. The lowest BCUT2D eigenvalue weighted by atomic mass is 10.0. The first-order valence-electron chi connectivity index (χ1n) is 10.5. The largest absolute Gasteiger partial charge is 0.375 e. The van der Waals surface area contributed by atoms with Crippen LogP contribution in [0, 0.1) is 20.8 Å². The second kappa shape index (κ2) is 9.89. The molecule has 2 heterocycles. The first kappa shape index (κ1) is 22.0. The molecule has 162 valence electrons. The smallest absolute Gasteiger partial charge is 0.253 e. The zero-order valence-electron chi connectivity index (χ0n) is 18.4. The van der Waals surface area contributed by atoms with Crippen molar-refractivity contribution >= 4 is 11.8 Å². The third kappa shape index (κ3) is 5.27. The molecule has 2 aromatic rings. The molecule has 0 saturated carbocycles. The minimum absolute atomic E-state index is 0.00523. The van der Waals surface area contributed by atoms with Crippen LogP contribution in [0.5, 0.6) is 0 Å². The van der Waals surface area contributed by atoms with Crippen LogP contribution < -0.4 is 0 Å². The maximum Gasteiger partial charge on any atom is 0.253 e. The number of methoxy groups -OCH3 is 1. The average Bonchev–Trinajstić information content (AvgIpc) is 3.12. The first-order chi connectivity index (χ1) is 14.4. The Labute approximate surface area is 178 Å². The molecule has 1 saturated heterocycles. The first-order valence-corrected chi connectivity index (χ1v) is 10.5. The molecule has 0 N–H and O–H groups in total. The van der Waals surface area contributed by atoms with Gasteiger partial charge in [-0.25, -0.2) is 4.98 Å². The Balaban J connectivity index is 1.63. The highest BCUT2D eigenvalue weighted by Gasteiger charge is 2.30. The van der Waals surface area contributed by atoms with E-state index in [1.54, 1.807) is 13.3 Å². The topological polar surface area (TPSA) is 67.7 Å². The average molecular weight is 413 g/mol. The molecule has 7 heteroatoms. The van der Waals surface area contributed by atoms with Crippen molar-refractivity contribution < 1.29 is 14.3 Å². The SMILES string of the molecule is COCC(=O)N(CCn1ccnc1C)C1CCN(C(=O)c2cc(C)cc(C)c2)CC1. The van der Waals surface area contributed by atoms with Gasteiger partial charge in [0.15, 0.2) is 0 Å². The number of benzene rings is 1. The van der Waals surface area contributed by atoms with Crippen molar-refractivity contribution in [3.8, 4) is 0 Å². The number of hydrogen-bond donors (Lipinski definition) is 0. The van der Waals surface area contributed by atoms with Crippen molar-refractivity contribution in [2.24, 2.45) is 0 Å². The van der Waals surface area contributed by atoms with E-state index in [4.69, 9.17) is 4.74 Å². The second-order valence-electron chi connectivity index (χ2n) is 8.09. The van der Waals surface area contributed by atoms with Gasteiger partial charge in [0.25, 0.3) is 5.91 Å². The molecule has 7 nitrogen and oxygen atoms in total. The minimum atomic E-state index is -0.00523. The Hall–Kier alpha value is -2.67. The summed E-state index contributed by atoms with van der Waals surface area (Å²) in [6.07, 6.45) is 5.25. The van der Waals surface area contributed by atoms with Crippen molar-refractivity contribution in [3.63, 3.8) is 0 Å². The molecular formula is C23H32N4O3. The lowest BCUT2D eigenvalue weighted by molar-refractivity contribution is -0.138. The number of rotatable bonds is 7. The summed E-state index contributed by atoms with van der Waals surface area (Å²) in [5, 5.41) is 0. The van der Waals surface area contributed by atoms with Crippen LogP contribution in [0.3, 0.4) is 0 Å². The van der Waals surface area contributed by atoms with Crippen LogP contribution in [0.15, 0.2) is 30.6 Å². The molecule has 1 aromatic carbocycles. The van der Waals surface area contributed by atoms with E-state index in [9.17, 15) is 9.59 Å². The second-order valence-corrected chi connectivity index (χ2v) is 8.09. The van der Waals surface area contributed by atoms with Crippen LogP contribution in [0.4, 0.5) is 0 Å².